The van der Waals surface area contributed by atoms with E-state index in [9.17, 15) is 14.0 Å². The second kappa shape index (κ2) is 8.83. The number of rotatable bonds is 6. The lowest BCUT2D eigenvalue weighted by molar-refractivity contribution is -0.136. The molecule has 0 spiro atoms. The van der Waals surface area contributed by atoms with E-state index in [-0.39, 0.29) is 29.6 Å². The van der Waals surface area contributed by atoms with Gasteiger partial charge in [0.2, 0.25) is 11.8 Å². The van der Waals surface area contributed by atoms with Gasteiger partial charge < -0.3 is 14.5 Å². The smallest absolute Gasteiger partial charge is 0.248 e. The van der Waals surface area contributed by atoms with Crippen molar-refractivity contribution in [2.45, 2.75) is 5.37 Å². The molecule has 0 aromatic heterocycles. The summed E-state index contributed by atoms with van der Waals surface area (Å²) in [5, 5.41) is -0.256. The van der Waals surface area contributed by atoms with Gasteiger partial charge in [-0.2, -0.15) is 0 Å². The number of hydrogen-bond donors (Lipinski definition) is 0. The highest BCUT2D eigenvalue weighted by Crippen LogP contribution is 2.39. The number of hydrogen-bond acceptors (Lipinski definition) is 5. The van der Waals surface area contributed by atoms with Gasteiger partial charge in [0.15, 0.2) is 0 Å². The zero-order chi connectivity index (χ0) is 18.5. The van der Waals surface area contributed by atoms with Crippen LogP contribution >= 0.6 is 11.8 Å². The SMILES string of the molecule is COCC(=O)N1CCN(CCN2C(=O)CSC2c2ccccc2F)CC1. The van der Waals surface area contributed by atoms with Gasteiger partial charge in [-0.25, -0.2) is 4.39 Å². The van der Waals surface area contributed by atoms with E-state index in [1.165, 1.54) is 24.9 Å². The van der Waals surface area contributed by atoms with Crippen LogP contribution in [-0.2, 0) is 14.3 Å². The summed E-state index contributed by atoms with van der Waals surface area (Å²) in [6.07, 6.45) is 0. The zero-order valence-electron chi connectivity index (χ0n) is 14.9. The van der Waals surface area contributed by atoms with Gasteiger partial charge in [-0.05, 0) is 6.07 Å². The van der Waals surface area contributed by atoms with Gasteiger partial charge in [-0.3, -0.25) is 14.5 Å². The second-order valence-corrected chi connectivity index (χ2v) is 7.50. The van der Waals surface area contributed by atoms with Crippen LogP contribution in [0.1, 0.15) is 10.9 Å². The minimum absolute atomic E-state index is 0.0119. The van der Waals surface area contributed by atoms with Gasteiger partial charge in [0.1, 0.15) is 17.8 Å². The van der Waals surface area contributed by atoms with Crippen molar-refractivity contribution >= 4 is 23.6 Å². The molecule has 2 heterocycles. The maximum Gasteiger partial charge on any atom is 0.248 e. The first-order valence-corrected chi connectivity index (χ1v) is 9.79. The molecule has 2 amide bonds. The molecule has 2 fully saturated rings. The number of thioether (sulfide) groups is 1. The number of piperazine rings is 1. The minimum atomic E-state index is -0.269. The Kier molecular flexibility index (Phi) is 6.50. The molecule has 26 heavy (non-hydrogen) atoms. The predicted octanol–water partition coefficient (Wildman–Crippen LogP) is 1.19. The van der Waals surface area contributed by atoms with E-state index in [1.807, 2.05) is 0 Å². The van der Waals surface area contributed by atoms with Crippen LogP contribution in [0, 0.1) is 5.82 Å². The lowest BCUT2D eigenvalue weighted by Gasteiger charge is -2.36. The number of methoxy groups -OCH3 is 1. The minimum Gasteiger partial charge on any atom is -0.375 e. The molecule has 1 aromatic carbocycles. The third-order valence-corrected chi connectivity index (χ3v) is 6.03. The summed E-state index contributed by atoms with van der Waals surface area (Å²) >= 11 is 1.47. The summed E-state index contributed by atoms with van der Waals surface area (Å²) in [4.78, 5) is 29.9. The van der Waals surface area contributed by atoms with Crippen molar-refractivity contribution in [2.24, 2.45) is 0 Å². The molecule has 0 N–H and O–H groups in total. The Labute approximate surface area is 157 Å². The van der Waals surface area contributed by atoms with Crippen molar-refractivity contribution < 1.29 is 18.7 Å². The number of halogens is 1. The topological polar surface area (TPSA) is 53.1 Å². The van der Waals surface area contributed by atoms with Crippen LogP contribution in [0.15, 0.2) is 24.3 Å². The van der Waals surface area contributed by atoms with E-state index in [0.717, 1.165) is 19.6 Å². The Morgan fingerprint density at radius 2 is 1.96 bits per heavy atom. The lowest BCUT2D eigenvalue weighted by atomic mass is 10.2. The summed E-state index contributed by atoms with van der Waals surface area (Å²) in [5.41, 5.74) is 0.568. The molecule has 6 nitrogen and oxygen atoms in total. The first kappa shape index (κ1) is 19.1. The molecular formula is C18H24FN3O3S. The monoisotopic (exact) mass is 381 g/mol. The molecule has 3 rings (SSSR count). The molecule has 2 aliphatic rings. The van der Waals surface area contributed by atoms with E-state index in [1.54, 1.807) is 28.0 Å². The first-order valence-electron chi connectivity index (χ1n) is 8.74. The highest BCUT2D eigenvalue weighted by Gasteiger charge is 2.34. The molecule has 8 heteroatoms. The Hall–Kier alpha value is -1.64. The quantitative estimate of drug-likeness (QED) is 0.741. The standard InChI is InChI=1S/C18H24FN3O3S/c1-25-12-16(23)21-9-6-20(7-10-21)8-11-22-17(24)13-26-18(22)14-4-2-3-5-15(14)19/h2-5,18H,6-13H2,1H3. The van der Waals surface area contributed by atoms with Crippen LogP contribution in [0.25, 0.3) is 0 Å². The third-order valence-electron chi connectivity index (χ3n) is 4.79. The van der Waals surface area contributed by atoms with Crippen LogP contribution in [-0.4, -0.2) is 85.3 Å². The summed E-state index contributed by atoms with van der Waals surface area (Å²) in [5.74, 6) is 0.184. The molecule has 1 atom stereocenters. The molecule has 0 bridgehead atoms. The van der Waals surface area contributed by atoms with E-state index in [4.69, 9.17) is 4.74 Å². The van der Waals surface area contributed by atoms with Gasteiger partial charge in [-0.1, -0.05) is 18.2 Å². The molecule has 0 radical (unpaired) electrons. The summed E-state index contributed by atoms with van der Waals surface area (Å²) in [7, 11) is 1.52. The molecule has 2 aliphatic heterocycles. The van der Waals surface area contributed by atoms with Crippen molar-refractivity contribution in [1.82, 2.24) is 14.7 Å². The van der Waals surface area contributed by atoms with Gasteiger partial charge in [0.05, 0.1) is 5.75 Å². The second-order valence-electron chi connectivity index (χ2n) is 6.43. The van der Waals surface area contributed by atoms with E-state index >= 15 is 0 Å². The van der Waals surface area contributed by atoms with Crippen molar-refractivity contribution in [2.75, 3.05) is 58.7 Å². The van der Waals surface area contributed by atoms with Gasteiger partial charge >= 0.3 is 0 Å². The van der Waals surface area contributed by atoms with E-state index in [0.29, 0.717) is 31.0 Å². The summed E-state index contributed by atoms with van der Waals surface area (Å²) < 4.78 is 19.0. The van der Waals surface area contributed by atoms with Crippen molar-refractivity contribution in [3.8, 4) is 0 Å². The number of carbonyl (C=O) groups is 2. The lowest BCUT2D eigenvalue weighted by Crippen LogP contribution is -2.51. The van der Waals surface area contributed by atoms with E-state index in [2.05, 4.69) is 4.90 Å². The van der Waals surface area contributed by atoms with Crippen LogP contribution in [0.3, 0.4) is 0 Å². The van der Waals surface area contributed by atoms with Crippen LogP contribution in [0.2, 0.25) is 0 Å². The van der Waals surface area contributed by atoms with Crippen LogP contribution < -0.4 is 0 Å². The Bertz CT molecular complexity index is 652. The molecule has 1 aromatic rings. The Balaban J connectivity index is 1.53. The average molecular weight is 381 g/mol. The van der Waals surface area contributed by atoms with Gasteiger partial charge in [-0.15, -0.1) is 11.8 Å². The maximum absolute atomic E-state index is 14.1. The summed E-state index contributed by atoms with van der Waals surface area (Å²) in [6, 6.07) is 6.65. The fourth-order valence-electron chi connectivity index (χ4n) is 3.31. The zero-order valence-corrected chi connectivity index (χ0v) is 15.7. The Morgan fingerprint density at radius 3 is 2.65 bits per heavy atom. The average Bonchev–Trinajstić information content (AvgIpc) is 3.01. The van der Waals surface area contributed by atoms with Crippen molar-refractivity contribution in [3.63, 3.8) is 0 Å². The molecule has 2 saturated heterocycles. The molecule has 1 unspecified atom stereocenters. The third kappa shape index (κ3) is 4.36. The number of benzene rings is 1. The van der Waals surface area contributed by atoms with Crippen molar-refractivity contribution in [1.29, 1.82) is 0 Å². The predicted molar refractivity (Wildman–Crippen MR) is 98.2 cm³/mol. The largest absolute Gasteiger partial charge is 0.375 e. The fourth-order valence-corrected chi connectivity index (χ4v) is 4.55. The summed E-state index contributed by atoms with van der Waals surface area (Å²) in [6.45, 7) is 4.29. The maximum atomic E-state index is 14.1. The fraction of sp³-hybridized carbons (Fsp3) is 0.556. The van der Waals surface area contributed by atoms with Crippen LogP contribution in [0.4, 0.5) is 4.39 Å². The molecule has 0 saturated carbocycles. The molecule has 0 aliphatic carbocycles. The number of nitrogens with zero attached hydrogens (tertiary/aromatic N) is 3. The van der Waals surface area contributed by atoms with Crippen molar-refractivity contribution in [3.05, 3.63) is 35.6 Å². The van der Waals surface area contributed by atoms with Crippen LogP contribution in [0.5, 0.6) is 0 Å². The first-order chi connectivity index (χ1) is 12.6. The normalized spacial score (nSPS) is 21.5. The number of amides is 2. The highest BCUT2D eigenvalue weighted by molar-refractivity contribution is 8.00. The van der Waals surface area contributed by atoms with E-state index < -0.39 is 0 Å². The molecular weight excluding hydrogens is 357 g/mol. The number of ether oxygens (including phenoxy) is 1. The number of carbonyl (C=O) groups excluding carboxylic acids is 2. The highest BCUT2D eigenvalue weighted by atomic mass is 32.2. The van der Waals surface area contributed by atoms with Gasteiger partial charge in [0.25, 0.3) is 0 Å². The molecule has 142 valence electrons. The van der Waals surface area contributed by atoms with Gasteiger partial charge in [0, 0.05) is 51.9 Å². The Morgan fingerprint density at radius 1 is 1.23 bits per heavy atom.